The van der Waals surface area contributed by atoms with Gasteiger partial charge in [0.1, 0.15) is 11.8 Å². The summed E-state index contributed by atoms with van der Waals surface area (Å²) in [6, 6.07) is 3.74. The van der Waals surface area contributed by atoms with E-state index >= 15 is 0 Å². The molecule has 6 nitrogen and oxygen atoms in total. The molecule has 3 rings (SSSR count). The number of nitrogens with zero attached hydrogens (tertiary/aromatic N) is 3. The quantitative estimate of drug-likeness (QED) is 0.910. The first-order valence-electron chi connectivity index (χ1n) is 6.38. The van der Waals surface area contributed by atoms with E-state index in [2.05, 4.69) is 15.1 Å². The maximum atomic E-state index is 8.77. The van der Waals surface area contributed by atoms with Crippen molar-refractivity contribution in [1.82, 2.24) is 15.1 Å². The van der Waals surface area contributed by atoms with Crippen LogP contribution < -0.4 is 0 Å². The average Bonchev–Trinajstić information content (AvgIpc) is 3.08. The van der Waals surface area contributed by atoms with E-state index in [-0.39, 0.29) is 6.10 Å². The van der Waals surface area contributed by atoms with Crippen LogP contribution in [0.25, 0.3) is 11.6 Å². The molecule has 1 fully saturated rings. The average molecular weight is 258 g/mol. The summed E-state index contributed by atoms with van der Waals surface area (Å²) >= 11 is 0. The lowest BCUT2D eigenvalue weighted by atomic mass is 10.1. The van der Waals surface area contributed by atoms with Crippen LogP contribution in [0.2, 0.25) is 0 Å². The molecule has 3 heterocycles. The largest absolute Gasteiger partial charge is 0.378 e. The molecule has 98 valence electrons. The summed E-state index contributed by atoms with van der Waals surface area (Å²) in [6.07, 6.45) is 5.85. The maximum absolute atomic E-state index is 8.77. The summed E-state index contributed by atoms with van der Waals surface area (Å²) in [5, 5.41) is 12.7. The Morgan fingerprint density at radius 2 is 2.42 bits per heavy atom. The van der Waals surface area contributed by atoms with Crippen molar-refractivity contribution in [3.63, 3.8) is 0 Å². The molecule has 0 radical (unpaired) electrons. The molecule has 6 heteroatoms. The molecule has 1 N–H and O–H groups in total. The van der Waals surface area contributed by atoms with Crippen LogP contribution in [-0.2, 0) is 11.2 Å². The van der Waals surface area contributed by atoms with Crippen LogP contribution in [-0.4, -0.2) is 27.8 Å². The molecule has 1 aliphatic heterocycles. The molecule has 2 aromatic rings. The van der Waals surface area contributed by atoms with Gasteiger partial charge < -0.3 is 14.2 Å². The van der Waals surface area contributed by atoms with Gasteiger partial charge in [0.2, 0.25) is 0 Å². The van der Waals surface area contributed by atoms with Crippen LogP contribution >= 0.6 is 0 Å². The molecule has 0 amide bonds. The van der Waals surface area contributed by atoms with Gasteiger partial charge in [-0.1, -0.05) is 5.16 Å². The Bertz CT molecular complexity index is 590. The Hall–Kier alpha value is -2.13. The van der Waals surface area contributed by atoms with Crippen LogP contribution in [0.1, 0.15) is 30.7 Å². The highest BCUT2D eigenvalue weighted by molar-refractivity contribution is 5.51. The highest BCUT2D eigenvalue weighted by Gasteiger charge is 2.18. The molecule has 1 unspecified atom stereocenters. The monoisotopic (exact) mass is 258 g/mol. The fraction of sp³-hybridized carbons (Fsp3) is 0.462. The topological polar surface area (TPSA) is 87.7 Å². The molecule has 0 spiro atoms. The standard InChI is InChI=1S/C13H14N4O2/c14-7-9-5-11(15-8-9)13-16-12(17-19-13)6-10-3-1-2-4-18-10/h5,8,10,15H,1-4,6H2. The number of nitrogens with one attached hydrogen (secondary N) is 1. The third-order valence-electron chi connectivity index (χ3n) is 3.19. The second-order valence-corrected chi connectivity index (χ2v) is 4.62. The fourth-order valence-corrected chi connectivity index (χ4v) is 2.20. The summed E-state index contributed by atoms with van der Waals surface area (Å²) in [6.45, 7) is 0.817. The van der Waals surface area contributed by atoms with Crippen LogP contribution in [0.4, 0.5) is 0 Å². The van der Waals surface area contributed by atoms with E-state index in [4.69, 9.17) is 14.5 Å². The van der Waals surface area contributed by atoms with E-state index in [9.17, 15) is 0 Å². The van der Waals surface area contributed by atoms with E-state index < -0.39 is 0 Å². The van der Waals surface area contributed by atoms with Gasteiger partial charge in [0.05, 0.1) is 11.7 Å². The first kappa shape index (κ1) is 11.9. The minimum Gasteiger partial charge on any atom is -0.378 e. The number of H-pyrrole nitrogens is 1. The van der Waals surface area contributed by atoms with Gasteiger partial charge in [0.25, 0.3) is 5.89 Å². The lowest BCUT2D eigenvalue weighted by Gasteiger charge is -2.20. The Balaban J connectivity index is 1.70. The van der Waals surface area contributed by atoms with Crippen molar-refractivity contribution in [3.05, 3.63) is 23.7 Å². The minimum atomic E-state index is 0.192. The number of aromatic amines is 1. The molecule has 0 bridgehead atoms. The van der Waals surface area contributed by atoms with Gasteiger partial charge in [-0.2, -0.15) is 10.2 Å². The Morgan fingerprint density at radius 1 is 1.47 bits per heavy atom. The molecule has 0 aromatic carbocycles. The fourth-order valence-electron chi connectivity index (χ4n) is 2.20. The smallest absolute Gasteiger partial charge is 0.274 e. The molecule has 1 atom stereocenters. The van der Waals surface area contributed by atoms with Crippen molar-refractivity contribution >= 4 is 0 Å². The molecule has 19 heavy (non-hydrogen) atoms. The Kier molecular flexibility index (Phi) is 3.29. The summed E-state index contributed by atoms with van der Waals surface area (Å²) in [4.78, 5) is 7.26. The van der Waals surface area contributed by atoms with Crippen molar-refractivity contribution in [3.8, 4) is 17.7 Å². The van der Waals surface area contributed by atoms with Gasteiger partial charge in [-0.25, -0.2) is 0 Å². The van der Waals surface area contributed by atoms with Crippen molar-refractivity contribution < 1.29 is 9.26 Å². The van der Waals surface area contributed by atoms with Crippen molar-refractivity contribution in [2.45, 2.75) is 31.8 Å². The van der Waals surface area contributed by atoms with E-state index in [1.807, 2.05) is 6.07 Å². The zero-order valence-electron chi connectivity index (χ0n) is 10.4. The molecular weight excluding hydrogens is 244 g/mol. The van der Waals surface area contributed by atoms with Gasteiger partial charge in [0.15, 0.2) is 5.82 Å². The van der Waals surface area contributed by atoms with Gasteiger partial charge in [-0.05, 0) is 25.3 Å². The van der Waals surface area contributed by atoms with E-state index in [0.29, 0.717) is 29.4 Å². The first-order valence-corrected chi connectivity index (χ1v) is 6.38. The number of aromatic nitrogens is 3. The van der Waals surface area contributed by atoms with E-state index in [1.165, 1.54) is 6.42 Å². The summed E-state index contributed by atoms with van der Waals surface area (Å²) in [7, 11) is 0. The third kappa shape index (κ3) is 2.66. The second-order valence-electron chi connectivity index (χ2n) is 4.62. The maximum Gasteiger partial charge on any atom is 0.274 e. The molecule has 0 aliphatic carbocycles. The van der Waals surface area contributed by atoms with Crippen molar-refractivity contribution in [2.24, 2.45) is 0 Å². The van der Waals surface area contributed by atoms with Gasteiger partial charge in [-0.15, -0.1) is 0 Å². The normalized spacial score (nSPS) is 19.2. The van der Waals surface area contributed by atoms with E-state index in [1.54, 1.807) is 12.3 Å². The van der Waals surface area contributed by atoms with Crippen molar-refractivity contribution in [2.75, 3.05) is 6.61 Å². The molecule has 1 aliphatic rings. The van der Waals surface area contributed by atoms with Crippen LogP contribution in [0.15, 0.2) is 16.8 Å². The molecule has 2 aromatic heterocycles. The minimum absolute atomic E-state index is 0.192. The Labute approximate surface area is 110 Å². The zero-order valence-corrected chi connectivity index (χ0v) is 10.4. The van der Waals surface area contributed by atoms with Gasteiger partial charge in [-0.3, -0.25) is 0 Å². The van der Waals surface area contributed by atoms with Gasteiger partial charge >= 0.3 is 0 Å². The van der Waals surface area contributed by atoms with Crippen molar-refractivity contribution in [1.29, 1.82) is 5.26 Å². The summed E-state index contributed by atoms with van der Waals surface area (Å²) in [5.41, 5.74) is 1.21. The zero-order chi connectivity index (χ0) is 13.1. The number of rotatable bonds is 3. The molecule has 0 saturated carbocycles. The number of ether oxygens (including phenoxy) is 1. The SMILES string of the molecule is N#Cc1c[nH]c(-c2nc(CC3CCCCO3)no2)c1. The lowest BCUT2D eigenvalue weighted by Crippen LogP contribution is -2.21. The van der Waals surface area contributed by atoms with Gasteiger partial charge in [0, 0.05) is 19.2 Å². The Morgan fingerprint density at radius 3 is 3.16 bits per heavy atom. The van der Waals surface area contributed by atoms with E-state index in [0.717, 1.165) is 19.4 Å². The summed E-state index contributed by atoms with van der Waals surface area (Å²) in [5.74, 6) is 1.06. The highest BCUT2D eigenvalue weighted by atomic mass is 16.5. The molecule has 1 saturated heterocycles. The number of nitriles is 1. The summed E-state index contributed by atoms with van der Waals surface area (Å²) < 4.78 is 10.8. The van der Waals surface area contributed by atoms with Crippen LogP contribution in [0, 0.1) is 11.3 Å². The predicted molar refractivity (Wildman–Crippen MR) is 66.1 cm³/mol. The first-order chi connectivity index (χ1) is 9.35. The number of hydrogen-bond donors (Lipinski definition) is 1. The third-order valence-corrected chi connectivity index (χ3v) is 3.19. The van der Waals surface area contributed by atoms with Crippen LogP contribution in [0.3, 0.4) is 0 Å². The molecular formula is C13H14N4O2. The lowest BCUT2D eigenvalue weighted by molar-refractivity contribution is 0.0153. The second kappa shape index (κ2) is 5.24. The predicted octanol–water partition coefficient (Wildman–Crippen LogP) is 2.05. The van der Waals surface area contributed by atoms with Crippen LogP contribution in [0.5, 0.6) is 0 Å². The number of hydrogen-bond acceptors (Lipinski definition) is 5. The highest BCUT2D eigenvalue weighted by Crippen LogP contribution is 2.19.